The van der Waals surface area contributed by atoms with Gasteiger partial charge in [-0.15, -0.1) is 0 Å². The van der Waals surface area contributed by atoms with Gasteiger partial charge < -0.3 is 25.4 Å². The molecule has 3 aromatic heterocycles. The number of imidazole rings is 1. The number of benzene rings is 2. The number of aliphatic carboxylic acids is 1. The third kappa shape index (κ3) is 7.82. The van der Waals surface area contributed by atoms with Gasteiger partial charge in [0.15, 0.2) is 11.6 Å². The highest BCUT2D eigenvalue weighted by Gasteiger charge is 2.30. The van der Waals surface area contributed by atoms with Gasteiger partial charge in [-0.25, -0.2) is 9.97 Å². The highest BCUT2D eigenvalue weighted by molar-refractivity contribution is 6.36. The number of likely N-dealkylation sites (tertiary alicyclic amines) is 1. The molecule has 0 bridgehead atoms. The van der Waals surface area contributed by atoms with E-state index >= 15 is 0 Å². The normalized spacial score (nSPS) is 20.4. The number of anilines is 3. The van der Waals surface area contributed by atoms with Crippen LogP contribution in [0.4, 0.5) is 17.2 Å². The van der Waals surface area contributed by atoms with Gasteiger partial charge in [-0.1, -0.05) is 35.9 Å². The third-order valence-electron chi connectivity index (χ3n) is 11.7. The van der Waals surface area contributed by atoms with Gasteiger partial charge in [0.25, 0.3) is 5.91 Å². The summed E-state index contributed by atoms with van der Waals surface area (Å²) < 4.78 is 1.90. The molecule has 5 heterocycles. The molecule has 0 spiro atoms. The van der Waals surface area contributed by atoms with Gasteiger partial charge in [-0.05, 0) is 85.9 Å². The summed E-state index contributed by atoms with van der Waals surface area (Å²) in [4.78, 5) is 44.0. The highest BCUT2D eigenvalue weighted by Crippen LogP contribution is 2.39. The third-order valence-corrected chi connectivity index (χ3v) is 12.1. The van der Waals surface area contributed by atoms with Crippen molar-refractivity contribution in [3.05, 3.63) is 94.3 Å². The van der Waals surface area contributed by atoms with Crippen LogP contribution in [0.1, 0.15) is 65.2 Å². The Morgan fingerprint density at radius 3 is 2.51 bits per heavy atom. The number of pyridine rings is 2. The molecule has 1 saturated heterocycles. The monoisotopic (exact) mass is 762 g/mol. The lowest BCUT2D eigenvalue weighted by atomic mass is 9.81. The number of halogens is 1. The minimum atomic E-state index is -0.676. The zero-order valence-electron chi connectivity index (χ0n) is 31.3. The molecule has 286 valence electrons. The standard InChI is InChI=1S/C42H47ClN8O4/c1-25-31(5-3-7-33(25)46-39-38-29(13-16-44-39)19-27(20-45-38)22-50-17-14-30(52)23-50)32-6-4-8-34(37(32)43)48-41(53)40-47-35-24-51(18-15-36(35)49(40)2)21-26-9-11-28(12-10-26)42(54)55/h3-8,13,16,19-20,26,28,30,52H,9-12,14-15,17-18,21-24H2,1-2H3,(H,44,46)(H,48,53)(H,54,55)/t26?,28?,30-/m1/s1. The largest absolute Gasteiger partial charge is 0.481 e. The number of fused-ring (bicyclic) bond motifs is 2. The number of rotatable bonds is 10. The molecular weight excluding hydrogens is 716 g/mol. The number of nitrogens with one attached hydrogen (secondary N) is 2. The molecule has 55 heavy (non-hydrogen) atoms. The molecule has 1 amide bonds. The number of hydrogen-bond acceptors (Lipinski definition) is 9. The maximum atomic E-state index is 13.7. The maximum absolute atomic E-state index is 13.7. The van der Waals surface area contributed by atoms with E-state index in [1.165, 1.54) is 0 Å². The van der Waals surface area contributed by atoms with E-state index < -0.39 is 5.97 Å². The van der Waals surface area contributed by atoms with E-state index in [4.69, 9.17) is 21.6 Å². The van der Waals surface area contributed by atoms with Crippen LogP contribution in [0.15, 0.2) is 60.9 Å². The molecule has 8 rings (SSSR count). The number of aromatic nitrogens is 4. The Kier molecular flexibility index (Phi) is 10.6. The molecule has 1 aliphatic carbocycles. The van der Waals surface area contributed by atoms with Gasteiger partial charge in [-0.3, -0.25) is 24.4 Å². The van der Waals surface area contributed by atoms with Crippen LogP contribution in [0.3, 0.4) is 0 Å². The number of β-amino-alcohol motifs (C(OH)–C–C–N with tert-alkyl or cyclic N) is 1. The van der Waals surface area contributed by atoms with Crippen molar-refractivity contribution < 1.29 is 19.8 Å². The molecule has 2 fully saturated rings. The van der Waals surface area contributed by atoms with E-state index in [2.05, 4.69) is 31.5 Å². The fourth-order valence-electron chi connectivity index (χ4n) is 8.60. The zero-order valence-corrected chi connectivity index (χ0v) is 32.0. The molecule has 0 unspecified atom stereocenters. The fourth-order valence-corrected chi connectivity index (χ4v) is 8.88. The number of aliphatic hydroxyl groups excluding tert-OH is 1. The van der Waals surface area contributed by atoms with E-state index in [0.717, 1.165) is 115 Å². The Balaban J connectivity index is 0.959. The Labute approximate surface area is 325 Å². The molecule has 1 atom stereocenters. The van der Waals surface area contributed by atoms with E-state index in [1.54, 1.807) is 12.3 Å². The average Bonchev–Trinajstić information content (AvgIpc) is 3.74. The van der Waals surface area contributed by atoms with Crippen molar-refractivity contribution in [1.29, 1.82) is 0 Å². The van der Waals surface area contributed by atoms with E-state index in [-0.39, 0.29) is 17.9 Å². The summed E-state index contributed by atoms with van der Waals surface area (Å²) in [5.41, 5.74) is 7.87. The van der Waals surface area contributed by atoms with E-state index in [0.29, 0.717) is 41.4 Å². The Morgan fingerprint density at radius 1 is 0.964 bits per heavy atom. The van der Waals surface area contributed by atoms with Gasteiger partial charge >= 0.3 is 5.97 Å². The molecular formula is C42H47ClN8O4. The van der Waals surface area contributed by atoms with Crippen LogP contribution in [0.25, 0.3) is 22.0 Å². The van der Waals surface area contributed by atoms with Gasteiger partial charge in [0.05, 0.1) is 28.4 Å². The lowest BCUT2D eigenvalue weighted by Gasteiger charge is -2.33. The summed E-state index contributed by atoms with van der Waals surface area (Å²) in [5.74, 6) is 0.269. The lowest BCUT2D eigenvalue weighted by molar-refractivity contribution is -0.143. The molecule has 12 nitrogen and oxygen atoms in total. The lowest BCUT2D eigenvalue weighted by Crippen LogP contribution is -2.36. The first kappa shape index (κ1) is 37.1. The van der Waals surface area contributed by atoms with Crippen molar-refractivity contribution in [3.63, 3.8) is 0 Å². The van der Waals surface area contributed by atoms with Gasteiger partial charge in [0.2, 0.25) is 0 Å². The van der Waals surface area contributed by atoms with Crippen LogP contribution in [0.2, 0.25) is 5.02 Å². The number of carboxylic acid groups (broad SMARTS) is 1. The smallest absolute Gasteiger partial charge is 0.306 e. The number of aliphatic hydroxyl groups is 1. The number of hydrogen-bond donors (Lipinski definition) is 4. The van der Waals surface area contributed by atoms with Crippen LogP contribution in [0.5, 0.6) is 0 Å². The number of carboxylic acids is 1. The molecule has 3 aliphatic rings. The molecule has 0 radical (unpaired) electrons. The minimum Gasteiger partial charge on any atom is -0.481 e. The zero-order chi connectivity index (χ0) is 38.2. The summed E-state index contributed by atoms with van der Waals surface area (Å²) in [7, 11) is 1.89. The van der Waals surface area contributed by atoms with Crippen LogP contribution in [-0.4, -0.2) is 83.7 Å². The van der Waals surface area contributed by atoms with Gasteiger partial charge in [0, 0.05) is 87.5 Å². The van der Waals surface area contributed by atoms with Crippen LogP contribution < -0.4 is 10.6 Å². The SMILES string of the molecule is Cc1c(Nc2nccc3cc(CN4CC[C@@H](O)C4)cnc23)cccc1-c1cccc(NC(=O)c2nc3c(n2C)CCN(CC2CCC(C(=O)O)CC2)C3)c1Cl. The van der Waals surface area contributed by atoms with Crippen molar-refractivity contribution in [1.82, 2.24) is 29.3 Å². The van der Waals surface area contributed by atoms with Crippen LogP contribution in [-0.2, 0) is 31.4 Å². The van der Waals surface area contributed by atoms with Gasteiger partial charge in [-0.2, -0.15) is 0 Å². The molecule has 1 saturated carbocycles. The molecule has 2 aromatic carbocycles. The number of carbonyl (C=O) groups excluding carboxylic acids is 1. The highest BCUT2D eigenvalue weighted by atomic mass is 35.5. The predicted molar refractivity (Wildman–Crippen MR) is 214 cm³/mol. The topological polar surface area (TPSA) is 149 Å². The van der Waals surface area contributed by atoms with Crippen LogP contribution in [0, 0.1) is 18.8 Å². The maximum Gasteiger partial charge on any atom is 0.306 e. The summed E-state index contributed by atoms with van der Waals surface area (Å²) in [5, 5.41) is 27.2. The summed E-state index contributed by atoms with van der Waals surface area (Å²) in [6.07, 6.45) is 8.36. The molecule has 5 aromatic rings. The Hall–Kier alpha value is -4.88. The fraction of sp³-hybridized carbons (Fsp3) is 0.405. The minimum absolute atomic E-state index is 0.213. The first-order valence-electron chi connectivity index (χ1n) is 19.2. The van der Waals surface area contributed by atoms with Gasteiger partial charge in [0.1, 0.15) is 5.52 Å². The first-order valence-corrected chi connectivity index (χ1v) is 19.6. The summed E-state index contributed by atoms with van der Waals surface area (Å²) in [6, 6.07) is 15.7. The summed E-state index contributed by atoms with van der Waals surface area (Å²) in [6.45, 7) is 6.81. The van der Waals surface area contributed by atoms with Crippen molar-refractivity contribution in [2.24, 2.45) is 18.9 Å². The first-order chi connectivity index (χ1) is 26.6. The number of carbonyl (C=O) groups is 2. The Morgan fingerprint density at radius 2 is 1.75 bits per heavy atom. The second-order valence-corrected chi connectivity index (χ2v) is 15.8. The summed E-state index contributed by atoms with van der Waals surface area (Å²) >= 11 is 7.06. The second kappa shape index (κ2) is 15.7. The molecule has 4 N–H and O–H groups in total. The molecule has 13 heteroatoms. The van der Waals surface area contributed by atoms with E-state index in [9.17, 15) is 19.8 Å². The Bertz CT molecular complexity index is 2250. The quantitative estimate of drug-likeness (QED) is 0.120. The molecule has 2 aliphatic heterocycles. The van der Waals surface area contributed by atoms with E-state index in [1.807, 2.05) is 61.1 Å². The predicted octanol–water partition coefficient (Wildman–Crippen LogP) is 6.80. The average molecular weight is 763 g/mol. The number of nitrogens with zero attached hydrogens (tertiary/aromatic N) is 6. The van der Waals surface area contributed by atoms with Crippen molar-refractivity contribution >= 4 is 51.6 Å². The van der Waals surface area contributed by atoms with Crippen LogP contribution >= 0.6 is 11.6 Å². The number of amides is 1. The van der Waals surface area contributed by atoms with Crippen molar-refractivity contribution in [3.8, 4) is 11.1 Å². The second-order valence-electron chi connectivity index (χ2n) is 15.4. The van der Waals surface area contributed by atoms with Crippen molar-refractivity contribution in [2.45, 2.75) is 64.6 Å². The van der Waals surface area contributed by atoms with Crippen molar-refractivity contribution in [2.75, 3.05) is 36.8 Å².